The Morgan fingerprint density at radius 2 is 2.00 bits per heavy atom. The molecule has 2 aliphatic rings. The molecule has 0 bridgehead atoms. The Balaban J connectivity index is 1.92. The highest BCUT2D eigenvalue weighted by molar-refractivity contribution is 4.92. The van der Waals surface area contributed by atoms with Crippen LogP contribution in [-0.2, 0) is 9.47 Å². The first kappa shape index (κ1) is 14.3. The van der Waals surface area contributed by atoms with Gasteiger partial charge in [-0.1, -0.05) is 13.8 Å². The fourth-order valence-electron chi connectivity index (χ4n) is 2.95. The monoisotopic (exact) mass is 257 g/mol. The van der Waals surface area contributed by atoms with Crippen molar-refractivity contribution in [3.05, 3.63) is 0 Å². The first-order valence-electron chi connectivity index (χ1n) is 7.19. The van der Waals surface area contributed by atoms with E-state index in [-0.39, 0.29) is 12.1 Å². The van der Waals surface area contributed by atoms with E-state index in [0.717, 1.165) is 32.2 Å². The number of ether oxygens (including phenoxy) is 2. The van der Waals surface area contributed by atoms with Crippen LogP contribution in [0.15, 0.2) is 0 Å². The van der Waals surface area contributed by atoms with Gasteiger partial charge in [0.25, 0.3) is 0 Å². The zero-order valence-electron chi connectivity index (χ0n) is 11.9. The van der Waals surface area contributed by atoms with Gasteiger partial charge in [0, 0.05) is 18.9 Å². The summed E-state index contributed by atoms with van der Waals surface area (Å²) in [6, 6.07) is 0.163. The Morgan fingerprint density at radius 1 is 1.33 bits per heavy atom. The summed E-state index contributed by atoms with van der Waals surface area (Å²) < 4.78 is 11.6. The zero-order chi connectivity index (χ0) is 13.2. The number of nitrogens with zero attached hydrogens (tertiary/aromatic N) is 1. The number of aliphatic hydroxyl groups excluding tert-OH is 1. The molecule has 106 valence electrons. The summed E-state index contributed by atoms with van der Waals surface area (Å²) in [6.45, 7) is 6.87. The van der Waals surface area contributed by atoms with Crippen LogP contribution in [0.25, 0.3) is 0 Å². The first-order valence-corrected chi connectivity index (χ1v) is 7.19. The maximum atomic E-state index is 10.2. The molecule has 0 radical (unpaired) electrons. The van der Waals surface area contributed by atoms with Crippen molar-refractivity contribution in [2.75, 3.05) is 26.8 Å². The molecule has 18 heavy (non-hydrogen) atoms. The van der Waals surface area contributed by atoms with Crippen molar-refractivity contribution >= 4 is 0 Å². The molecule has 4 nitrogen and oxygen atoms in total. The lowest BCUT2D eigenvalue weighted by Gasteiger charge is -2.43. The van der Waals surface area contributed by atoms with Crippen LogP contribution in [0.1, 0.15) is 39.5 Å². The molecule has 1 aliphatic heterocycles. The van der Waals surface area contributed by atoms with Crippen LogP contribution in [0, 0.1) is 5.92 Å². The second kappa shape index (κ2) is 5.87. The molecule has 2 unspecified atom stereocenters. The molecule has 2 fully saturated rings. The van der Waals surface area contributed by atoms with Gasteiger partial charge in [-0.25, -0.2) is 0 Å². The lowest BCUT2D eigenvalue weighted by molar-refractivity contribution is -0.203. The lowest BCUT2D eigenvalue weighted by Crippen LogP contribution is -2.52. The molecule has 1 heterocycles. The first-order chi connectivity index (χ1) is 8.52. The van der Waals surface area contributed by atoms with Crippen LogP contribution in [0.2, 0.25) is 0 Å². The van der Waals surface area contributed by atoms with E-state index in [1.165, 1.54) is 0 Å². The van der Waals surface area contributed by atoms with Gasteiger partial charge in [0.05, 0.1) is 19.3 Å². The number of aliphatic hydroxyl groups is 1. The average molecular weight is 257 g/mol. The number of hydrogen-bond donors (Lipinski definition) is 1. The molecule has 1 saturated heterocycles. The van der Waals surface area contributed by atoms with Gasteiger partial charge in [0.15, 0.2) is 5.79 Å². The third-order valence-electron chi connectivity index (χ3n) is 4.22. The van der Waals surface area contributed by atoms with Gasteiger partial charge in [-0.15, -0.1) is 0 Å². The fourth-order valence-corrected chi connectivity index (χ4v) is 2.95. The van der Waals surface area contributed by atoms with Crippen LogP contribution >= 0.6 is 0 Å². The molecule has 1 saturated carbocycles. The van der Waals surface area contributed by atoms with Crippen molar-refractivity contribution < 1.29 is 14.6 Å². The van der Waals surface area contributed by atoms with Gasteiger partial charge in [0.2, 0.25) is 0 Å². The minimum Gasteiger partial charge on any atom is -0.391 e. The summed E-state index contributed by atoms with van der Waals surface area (Å²) in [7, 11) is 2.10. The molecule has 0 amide bonds. The lowest BCUT2D eigenvalue weighted by atomic mass is 9.86. The molecule has 1 spiro atoms. The number of likely N-dealkylation sites (N-methyl/N-ethyl adjacent to an activating group) is 1. The minimum absolute atomic E-state index is 0.163. The third kappa shape index (κ3) is 3.23. The molecule has 4 heteroatoms. The van der Waals surface area contributed by atoms with E-state index in [1.807, 2.05) is 0 Å². The van der Waals surface area contributed by atoms with E-state index in [0.29, 0.717) is 19.1 Å². The van der Waals surface area contributed by atoms with Gasteiger partial charge >= 0.3 is 0 Å². The van der Waals surface area contributed by atoms with Crippen LogP contribution in [0.5, 0.6) is 0 Å². The maximum absolute atomic E-state index is 10.2. The van der Waals surface area contributed by atoms with Crippen LogP contribution in [-0.4, -0.2) is 54.7 Å². The van der Waals surface area contributed by atoms with Crippen molar-refractivity contribution in [3.8, 4) is 0 Å². The van der Waals surface area contributed by atoms with Crippen molar-refractivity contribution in [1.29, 1.82) is 0 Å². The van der Waals surface area contributed by atoms with E-state index in [2.05, 4.69) is 25.8 Å². The fraction of sp³-hybridized carbons (Fsp3) is 1.00. The smallest absolute Gasteiger partial charge is 0.170 e. The van der Waals surface area contributed by atoms with Gasteiger partial charge in [-0.2, -0.15) is 0 Å². The summed E-state index contributed by atoms with van der Waals surface area (Å²) in [5.74, 6) is 0.289. The van der Waals surface area contributed by atoms with E-state index in [9.17, 15) is 5.11 Å². The molecule has 1 aliphatic carbocycles. The summed E-state index contributed by atoms with van der Waals surface area (Å²) in [6.07, 6.45) is 3.30. The Morgan fingerprint density at radius 3 is 2.61 bits per heavy atom. The van der Waals surface area contributed by atoms with Crippen molar-refractivity contribution in [2.24, 2.45) is 5.92 Å². The SMILES string of the molecule is CC(C)CCN(C)C1CC2(CCC1O)OCCO2. The van der Waals surface area contributed by atoms with Gasteiger partial charge in [-0.05, 0) is 32.4 Å². The zero-order valence-corrected chi connectivity index (χ0v) is 11.9. The van der Waals surface area contributed by atoms with Gasteiger partial charge < -0.3 is 19.5 Å². The molecule has 0 aromatic rings. The Labute approximate surface area is 110 Å². The normalized spacial score (nSPS) is 31.7. The number of rotatable bonds is 4. The second-order valence-corrected chi connectivity index (χ2v) is 6.15. The van der Waals surface area contributed by atoms with Crippen LogP contribution < -0.4 is 0 Å². The highest BCUT2D eigenvalue weighted by Crippen LogP contribution is 2.37. The van der Waals surface area contributed by atoms with Crippen LogP contribution in [0.3, 0.4) is 0 Å². The summed E-state index contributed by atoms with van der Waals surface area (Å²) in [5.41, 5.74) is 0. The Hall–Kier alpha value is -0.160. The predicted octanol–water partition coefficient (Wildman–Crippen LogP) is 1.62. The maximum Gasteiger partial charge on any atom is 0.170 e. The molecule has 1 N–H and O–H groups in total. The molecule has 0 aromatic heterocycles. The largest absolute Gasteiger partial charge is 0.391 e. The topological polar surface area (TPSA) is 41.9 Å². The summed E-state index contributed by atoms with van der Waals surface area (Å²) in [4.78, 5) is 2.27. The van der Waals surface area contributed by atoms with Crippen molar-refractivity contribution in [3.63, 3.8) is 0 Å². The minimum atomic E-state index is -0.407. The predicted molar refractivity (Wildman–Crippen MR) is 70.4 cm³/mol. The highest BCUT2D eigenvalue weighted by Gasteiger charge is 2.45. The molecule has 2 atom stereocenters. The van der Waals surface area contributed by atoms with Crippen LogP contribution in [0.4, 0.5) is 0 Å². The third-order valence-corrected chi connectivity index (χ3v) is 4.22. The van der Waals surface area contributed by atoms with Gasteiger partial charge in [0.1, 0.15) is 0 Å². The molecule has 0 aromatic carbocycles. The highest BCUT2D eigenvalue weighted by atomic mass is 16.7. The van der Waals surface area contributed by atoms with Crippen molar-refractivity contribution in [1.82, 2.24) is 4.90 Å². The van der Waals surface area contributed by atoms with E-state index in [1.54, 1.807) is 0 Å². The number of hydrogen-bond acceptors (Lipinski definition) is 4. The van der Waals surface area contributed by atoms with Crippen molar-refractivity contribution in [2.45, 2.75) is 57.5 Å². The molecular weight excluding hydrogens is 230 g/mol. The van der Waals surface area contributed by atoms with E-state index >= 15 is 0 Å². The standard InChI is InChI=1S/C14H27NO3/c1-11(2)5-7-15(3)12-10-14(6-4-13(12)16)17-8-9-18-14/h11-13,16H,4-10H2,1-3H3. The summed E-state index contributed by atoms with van der Waals surface area (Å²) in [5, 5.41) is 10.2. The second-order valence-electron chi connectivity index (χ2n) is 6.15. The Kier molecular flexibility index (Phi) is 4.64. The molecular formula is C14H27NO3. The van der Waals surface area contributed by atoms with E-state index in [4.69, 9.17) is 9.47 Å². The molecule has 2 rings (SSSR count). The van der Waals surface area contributed by atoms with E-state index < -0.39 is 5.79 Å². The summed E-state index contributed by atoms with van der Waals surface area (Å²) >= 11 is 0. The Bertz CT molecular complexity index is 264. The average Bonchev–Trinajstić information content (AvgIpc) is 2.78. The quantitative estimate of drug-likeness (QED) is 0.831. The van der Waals surface area contributed by atoms with Gasteiger partial charge in [-0.3, -0.25) is 0 Å².